The van der Waals surface area contributed by atoms with Gasteiger partial charge in [0.1, 0.15) is 11.6 Å². The van der Waals surface area contributed by atoms with E-state index in [-0.39, 0.29) is 18.2 Å². The Morgan fingerprint density at radius 2 is 1.88 bits per heavy atom. The lowest BCUT2D eigenvalue weighted by atomic mass is 10.3. The Balaban J connectivity index is 1.64. The molecule has 0 aliphatic heterocycles. The van der Waals surface area contributed by atoms with Crippen LogP contribution in [0.2, 0.25) is 0 Å². The number of nitro benzene ring substituents is 1. The summed E-state index contributed by atoms with van der Waals surface area (Å²) in [4.78, 5) is 22.3. The molecule has 1 N–H and O–H groups in total. The van der Waals surface area contributed by atoms with Crippen LogP contribution in [0.15, 0.2) is 60.7 Å². The Bertz CT molecular complexity index is 920. The highest BCUT2D eigenvalue weighted by Crippen LogP contribution is 2.18. The molecule has 1 aromatic heterocycles. The second kappa shape index (κ2) is 7.47. The smallest absolute Gasteiger partial charge is 0.269 e. The van der Waals surface area contributed by atoms with Crippen molar-refractivity contribution >= 4 is 17.4 Å². The average Bonchev–Trinajstić information content (AvgIpc) is 3.01. The van der Waals surface area contributed by atoms with Gasteiger partial charge in [-0.25, -0.2) is 4.68 Å². The minimum Gasteiger partial charge on any atom is -0.484 e. The van der Waals surface area contributed by atoms with Crippen molar-refractivity contribution in [2.24, 2.45) is 0 Å². The molecule has 0 radical (unpaired) electrons. The molecule has 2 aromatic carbocycles. The molecule has 26 heavy (non-hydrogen) atoms. The number of non-ortho nitro benzene ring substituents is 1. The van der Waals surface area contributed by atoms with Gasteiger partial charge in [0.25, 0.3) is 11.6 Å². The SMILES string of the molecule is Cc1cc(NC(=O)COc2ccc([N+](=O)[O-])cc2)n(-c2ccccc2)n1. The number of nitrogens with zero attached hydrogens (tertiary/aromatic N) is 3. The summed E-state index contributed by atoms with van der Waals surface area (Å²) >= 11 is 0. The zero-order chi connectivity index (χ0) is 18.5. The van der Waals surface area contributed by atoms with E-state index in [1.807, 2.05) is 37.3 Å². The van der Waals surface area contributed by atoms with Crippen molar-refractivity contribution in [3.63, 3.8) is 0 Å². The third kappa shape index (κ3) is 4.04. The summed E-state index contributed by atoms with van der Waals surface area (Å²) in [5, 5.41) is 17.8. The Labute approximate surface area is 149 Å². The number of benzene rings is 2. The van der Waals surface area contributed by atoms with Gasteiger partial charge in [-0.15, -0.1) is 0 Å². The molecule has 3 rings (SSSR count). The number of ether oxygens (including phenoxy) is 1. The van der Waals surface area contributed by atoms with Gasteiger partial charge < -0.3 is 10.1 Å². The maximum absolute atomic E-state index is 12.2. The number of anilines is 1. The second-order valence-electron chi connectivity index (χ2n) is 5.51. The summed E-state index contributed by atoms with van der Waals surface area (Å²) in [7, 11) is 0. The van der Waals surface area contributed by atoms with E-state index in [9.17, 15) is 14.9 Å². The number of amides is 1. The van der Waals surface area contributed by atoms with Crippen LogP contribution in [-0.2, 0) is 4.79 Å². The summed E-state index contributed by atoms with van der Waals surface area (Å²) in [5.74, 6) is 0.546. The molecule has 0 aliphatic rings. The zero-order valence-corrected chi connectivity index (χ0v) is 14.0. The number of hydrogen-bond donors (Lipinski definition) is 1. The normalized spacial score (nSPS) is 10.3. The third-order valence-corrected chi connectivity index (χ3v) is 3.52. The highest BCUT2D eigenvalue weighted by Gasteiger charge is 2.12. The molecular formula is C18H16N4O4. The van der Waals surface area contributed by atoms with Crippen LogP contribution in [-0.4, -0.2) is 27.2 Å². The Morgan fingerprint density at radius 3 is 2.54 bits per heavy atom. The molecule has 0 fully saturated rings. The van der Waals surface area contributed by atoms with Gasteiger partial charge in [-0.1, -0.05) is 18.2 Å². The average molecular weight is 352 g/mol. The Kier molecular flexibility index (Phi) is 4.93. The van der Waals surface area contributed by atoms with E-state index in [2.05, 4.69) is 10.4 Å². The van der Waals surface area contributed by atoms with Crippen molar-refractivity contribution in [2.75, 3.05) is 11.9 Å². The molecule has 0 bridgehead atoms. The number of aromatic nitrogens is 2. The predicted octanol–water partition coefficient (Wildman–Crippen LogP) is 3.11. The van der Waals surface area contributed by atoms with Crippen LogP contribution in [0.3, 0.4) is 0 Å². The lowest BCUT2D eigenvalue weighted by Gasteiger charge is -2.09. The summed E-state index contributed by atoms with van der Waals surface area (Å²) < 4.78 is 7.00. The molecule has 0 saturated carbocycles. The quantitative estimate of drug-likeness (QED) is 0.543. The lowest BCUT2D eigenvalue weighted by Crippen LogP contribution is -2.21. The molecule has 0 aliphatic carbocycles. The van der Waals surface area contributed by atoms with Crippen molar-refractivity contribution in [1.82, 2.24) is 9.78 Å². The first kappa shape index (κ1) is 17.2. The van der Waals surface area contributed by atoms with Gasteiger partial charge in [0.05, 0.1) is 16.3 Å². The van der Waals surface area contributed by atoms with Gasteiger partial charge in [-0.2, -0.15) is 5.10 Å². The van der Waals surface area contributed by atoms with Crippen LogP contribution in [0.25, 0.3) is 5.69 Å². The third-order valence-electron chi connectivity index (χ3n) is 3.52. The molecule has 8 heteroatoms. The molecule has 132 valence electrons. The monoisotopic (exact) mass is 352 g/mol. The molecule has 8 nitrogen and oxygen atoms in total. The summed E-state index contributed by atoms with van der Waals surface area (Å²) in [6.07, 6.45) is 0. The van der Waals surface area contributed by atoms with Crippen LogP contribution in [0.1, 0.15) is 5.69 Å². The molecule has 0 unspecified atom stereocenters. The fourth-order valence-electron chi connectivity index (χ4n) is 2.35. The van der Waals surface area contributed by atoms with E-state index < -0.39 is 4.92 Å². The molecule has 0 atom stereocenters. The largest absolute Gasteiger partial charge is 0.484 e. The van der Waals surface area contributed by atoms with Crippen LogP contribution < -0.4 is 10.1 Å². The number of aryl methyl sites for hydroxylation is 1. The Hall–Kier alpha value is -3.68. The standard InChI is InChI=1S/C18H16N4O4/c1-13-11-17(21(20-13)14-5-3-2-4-6-14)19-18(23)12-26-16-9-7-15(8-10-16)22(24)25/h2-11H,12H2,1H3,(H,19,23). The van der Waals surface area contributed by atoms with Gasteiger partial charge >= 0.3 is 0 Å². The van der Waals surface area contributed by atoms with E-state index in [1.165, 1.54) is 24.3 Å². The summed E-state index contributed by atoms with van der Waals surface area (Å²) in [6.45, 7) is 1.61. The first-order chi connectivity index (χ1) is 12.5. The lowest BCUT2D eigenvalue weighted by molar-refractivity contribution is -0.384. The molecular weight excluding hydrogens is 336 g/mol. The summed E-state index contributed by atoms with van der Waals surface area (Å²) in [5.41, 5.74) is 1.55. The number of carbonyl (C=O) groups is 1. The number of rotatable bonds is 6. The van der Waals surface area contributed by atoms with Gasteiger partial charge in [-0.05, 0) is 31.2 Å². The highest BCUT2D eigenvalue weighted by molar-refractivity contribution is 5.91. The number of nitro groups is 1. The topological polar surface area (TPSA) is 99.3 Å². The van der Waals surface area contributed by atoms with E-state index in [1.54, 1.807) is 10.7 Å². The van der Waals surface area contributed by atoms with Crippen molar-refractivity contribution in [3.8, 4) is 11.4 Å². The van der Waals surface area contributed by atoms with Crippen molar-refractivity contribution < 1.29 is 14.5 Å². The van der Waals surface area contributed by atoms with Crippen LogP contribution in [0.4, 0.5) is 11.5 Å². The zero-order valence-electron chi connectivity index (χ0n) is 14.0. The maximum Gasteiger partial charge on any atom is 0.269 e. The molecule has 0 spiro atoms. The fraction of sp³-hybridized carbons (Fsp3) is 0.111. The highest BCUT2D eigenvalue weighted by atomic mass is 16.6. The number of nitrogens with one attached hydrogen (secondary N) is 1. The van der Waals surface area contributed by atoms with Crippen LogP contribution in [0, 0.1) is 17.0 Å². The van der Waals surface area contributed by atoms with Crippen molar-refractivity contribution in [1.29, 1.82) is 0 Å². The van der Waals surface area contributed by atoms with E-state index in [4.69, 9.17) is 4.74 Å². The van der Waals surface area contributed by atoms with Gasteiger partial charge in [0, 0.05) is 18.2 Å². The van der Waals surface area contributed by atoms with Crippen molar-refractivity contribution in [3.05, 3.63) is 76.5 Å². The molecule has 1 amide bonds. The number of carbonyl (C=O) groups excluding carboxylic acids is 1. The van der Waals surface area contributed by atoms with Crippen molar-refractivity contribution in [2.45, 2.75) is 6.92 Å². The first-order valence-corrected chi connectivity index (χ1v) is 7.82. The Morgan fingerprint density at radius 1 is 1.19 bits per heavy atom. The van der Waals surface area contributed by atoms with Gasteiger partial charge in [0.2, 0.25) is 0 Å². The van der Waals surface area contributed by atoms with Crippen LogP contribution in [0.5, 0.6) is 5.75 Å². The van der Waals surface area contributed by atoms with Gasteiger partial charge in [-0.3, -0.25) is 14.9 Å². The summed E-state index contributed by atoms with van der Waals surface area (Å²) in [6, 6.07) is 16.7. The van der Waals surface area contributed by atoms with Gasteiger partial charge in [0.15, 0.2) is 6.61 Å². The maximum atomic E-state index is 12.2. The fourth-order valence-corrected chi connectivity index (χ4v) is 2.35. The minimum atomic E-state index is -0.496. The minimum absolute atomic E-state index is 0.0379. The molecule has 0 saturated heterocycles. The first-order valence-electron chi connectivity index (χ1n) is 7.82. The predicted molar refractivity (Wildman–Crippen MR) is 95.5 cm³/mol. The van der Waals surface area contributed by atoms with E-state index in [0.717, 1.165) is 11.4 Å². The number of para-hydroxylation sites is 1. The van der Waals surface area contributed by atoms with Crippen LogP contribution >= 0.6 is 0 Å². The van der Waals surface area contributed by atoms with E-state index >= 15 is 0 Å². The van der Waals surface area contributed by atoms with E-state index in [0.29, 0.717) is 11.6 Å². The second-order valence-corrected chi connectivity index (χ2v) is 5.51. The molecule has 1 heterocycles. The molecule has 3 aromatic rings. The number of hydrogen-bond acceptors (Lipinski definition) is 5.